The molecule has 0 bridgehead atoms. The summed E-state index contributed by atoms with van der Waals surface area (Å²) in [4.78, 5) is 35.4. The molecule has 0 aromatic heterocycles. The molecular formula is C22H25ClN2O4. The average molecular weight is 417 g/mol. The van der Waals surface area contributed by atoms with Gasteiger partial charge in [0.1, 0.15) is 6.61 Å². The van der Waals surface area contributed by atoms with E-state index >= 15 is 0 Å². The molecule has 0 unspecified atom stereocenters. The van der Waals surface area contributed by atoms with Crippen molar-refractivity contribution in [2.45, 2.75) is 26.2 Å². The van der Waals surface area contributed by atoms with Crippen LogP contribution in [0.15, 0.2) is 48.5 Å². The Hall–Kier alpha value is -2.86. The van der Waals surface area contributed by atoms with Gasteiger partial charge in [-0.1, -0.05) is 41.4 Å². The highest BCUT2D eigenvalue weighted by Gasteiger charge is 2.08. The van der Waals surface area contributed by atoms with Gasteiger partial charge >= 0.3 is 5.97 Å². The number of halogens is 1. The predicted molar refractivity (Wildman–Crippen MR) is 112 cm³/mol. The standard InChI is InChI=1S/C22H25ClN2O4/c1-16-2-4-17(5-3-16)6-11-20(26)24-14-15-29-21(27)12-13-25-22(28)18-7-9-19(23)10-8-18/h2-5,7-10H,6,11-15H2,1H3,(H,24,26)(H,25,28). The molecule has 0 aliphatic rings. The summed E-state index contributed by atoms with van der Waals surface area (Å²) in [6.45, 7) is 2.55. The summed E-state index contributed by atoms with van der Waals surface area (Å²) in [6, 6.07) is 14.5. The number of carbonyl (C=O) groups excluding carboxylic acids is 3. The number of esters is 1. The molecule has 0 saturated heterocycles. The molecule has 0 saturated carbocycles. The minimum atomic E-state index is -0.435. The summed E-state index contributed by atoms with van der Waals surface area (Å²) in [5.74, 6) is -0.803. The lowest BCUT2D eigenvalue weighted by Crippen LogP contribution is -2.29. The molecule has 0 fully saturated rings. The van der Waals surface area contributed by atoms with Crippen molar-refractivity contribution in [2.75, 3.05) is 19.7 Å². The molecule has 2 aromatic rings. The van der Waals surface area contributed by atoms with E-state index in [2.05, 4.69) is 10.6 Å². The van der Waals surface area contributed by atoms with E-state index in [1.54, 1.807) is 24.3 Å². The maximum Gasteiger partial charge on any atom is 0.307 e. The van der Waals surface area contributed by atoms with Crippen molar-refractivity contribution < 1.29 is 19.1 Å². The lowest BCUT2D eigenvalue weighted by Gasteiger charge is -2.08. The molecule has 7 heteroatoms. The highest BCUT2D eigenvalue weighted by atomic mass is 35.5. The molecule has 0 aliphatic heterocycles. The van der Waals surface area contributed by atoms with Crippen molar-refractivity contribution in [3.8, 4) is 0 Å². The number of ether oxygens (including phenoxy) is 1. The molecule has 2 N–H and O–H groups in total. The van der Waals surface area contributed by atoms with Crippen LogP contribution in [0.25, 0.3) is 0 Å². The van der Waals surface area contributed by atoms with Gasteiger partial charge in [0.15, 0.2) is 0 Å². The van der Waals surface area contributed by atoms with Crippen LogP contribution < -0.4 is 10.6 Å². The Morgan fingerprint density at radius 2 is 1.59 bits per heavy atom. The van der Waals surface area contributed by atoms with E-state index in [9.17, 15) is 14.4 Å². The summed E-state index contributed by atoms with van der Waals surface area (Å²) >= 11 is 5.77. The number of hydrogen-bond acceptors (Lipinski definition) is 4. The van der Waals surface area contributed by atoms with Gasteiger partial charge in [-0.2, -0.15) is 0 Å². The predicted octanol–water partition coefficient (Wildman–Crippen LogP) is 3.06. The average Bonchev–Trinajstić information content (AvgIpc) is 2.71. The summed E-state index contributed by atoms with van der Waals surface area (Å²) < 4.78 is 5.05. The Balaban J connectivity index is 1.52. The number of nitrogens with one attached hydrogen (secondary N) is 2. The highest BCUT2D eigenvalue weighted by Crippen LogP contribution is 2.09. The third-order valence-electron chi connectivity index (χ3n) is 4.17. The first-order chi connectivity index (χ1) is 13.9. The second-order valence-electron chi connectivity index (χ2n) is 6.57. The highest BCUT2D eigenvalue weighted by molar-refractivity contribution is 6.30. The van der Waals surface area contributed by atoms with Crippen LogP contribution in [-0.2, 0) is 20.7 Å². The van der Waals surface area contributed by atoms with Crippen LogP contribution in [0.5, 0.6) is 0 Å². The van der Waals surface area contributed by atoms with Crippen LogP contribution in [0, 0.1) is 6.92 Å². The van der Waals surface area contributed by atoms with Gasteiger partial charge < -0.3 is 15.4 Å². The maximum atomic E-state index is 11.9. The van der Waals surface area contributed by atoms with Crippen LogP contribution in [0.3, 0.4) is 0 Å². The van der Waals surface area contributed by atoms with E-state index in [0.717, 1.165) is 5.56 Å². The quantitative estimate of drug-likeness (QED) is 0.460. The summed E-state index contributed by atoms with van der Waals surface area (Å²) in [5, 5.41) is 5.91. The SMILES string of the molecule is Cc1ccc(CCC(=O)NCCOC(=O)CCNC(=O)c2ccc(Cl)cc2)cc1. The van der Waals surface area contributed by atoms with Gasteiger partial charge in [0.2, 0.25) is 5.91 Å². The Labute approximate surface area is 175 Å². The van der Waals surface area contributed by atoms with E-state index in [0.29, 0.717) is 23.4 Å². The third-order valence-corrected chi connectivity index (χ3v) is 4.42. The topological polar surface area (TPSA) is 84.5 Å². The molecule has 0 heterocycles. The van der Waals surface area contributed by atoms with Crippen molar-refractivity contribution in [1.29, 1.82) is 0 Å². The largest absolute Gasteiger partial charge is 0.464 e. The fraction of sp³-hybridized carbons (Fsp3) is 0.318. The van der Waals surface area contributed by atoms with E-state index in [4.69, 9.17) is 16.3 Å². The Bertz CT molecular complexity index is 820. The Morgan fingerprint density at radius 3 is 2.28 bits per heavy atom. The van der Waals surface area contributed by atoms with Crippen LogP contribution >= 0.6 is 11.6 Å². The molecule has 2 rings (SSSR count). The third kappa shape index (κ3) is 8.79. The lowest BCUT2D eigenvalue weighted by molar-refractivity contribution is -0.143. The molecule has 0 aliphatic carbocycles. The van der Waals surface area contributed by atoms with Crippen LogP contribution in [0.2, 0.25) is 5.02 Å². The first kappa shape index (κ1) is 22.4. The number of hydrogen-bond donors (Lipinski definition) is 2. The monoisotopic (exact) mass is 416 g/mol. The lowest BCUT2D eigenvalue weighted by atomic mass is 10.1. The number of rotatable bonds is 10. The van der Waals surface area contributed by atoms with Gasteiger partial charge in [-0.25, -0.2) is 0 Å². The summed E-state index contributed by atoms with van der Waals surface area (Å²) in [5.41, 5.74) is 2.76. The normalized spacial score (nSPS) is 10.3. The minimum absolute atomic E-state index is 0.0563. The van der Waals surface area contributed by atoms with E-state index < -0.39 is 5.97 Å². The zero-order valence-electron chi connectivity index (χ0n) is 16.4. The Morgan fingerprint density at radius 1 is 0.897 bits per heavy atom. The molecule has 2 amide bonds. The van der Waals surface area contributed by atoms with E-state index in [-0.39, 0.29) is 37.9 Å². The van der Waals surface area contributed by atoms with Crippen LogP contribution in [-0.4, -0.2) is 37.5 Å². The molecule has 154 valence electrons. The zero-order chi connectivity index (χ0) is 21.1. The van der Waals surface area contributed by atoms with Crippen LogP contribution in [0.1, 0.15) is 34.3 Å². The molecule has 0 atom stereocenters. The molecule has 2 aromatic carbocycles. The fourth-order valence-corrected chi connectivity index (χ4v) is 2.64. The van der Waals surface area contributed by atoms with Crippen molar-refractivity contribution in [1.82, 2.24) is 10.6 Å². The smallest absolute Gasteiger partial charge is 0.307 e. The molecule has 0 spiro atoms. The van der Waals surface area contributed by atoms with Gasteiger partial charge in [-0.3, -0.25) is 14.4 Å². The fourth-order valence-electron chi connectivity index (χ4n) is 2.51. The number of amides is 2. The first-order valence-corrected chi connectivity index (χ1v) is 9.83. The van der Waals surface area contributed by atoms with Crippen molar-refractivity contribution >= 4 is 29.4 Å². The summed E-state index contributed by atoms with van der Waals surface area (Å²) in [7, 11) is 0. The van der Waals surface area contributed by atoms with E-state index in [1.165, 1.54) is 5.56 Å². The summed E-state index contributed by atoms with van der Waals surface area (Å²) in [6.07, 6.45) is 1.10. The maximum absolute atomic E-state index is 11.9. The van der Waals surface area contributed by atoms with Gasteiger partial charge in [-0.05, 0) is 43.2 Å². The number of benzene rings is 2. The van der Waals surface area contributed by atoms with Crippen molar-refractivity contribution in [3.63, 3.8) is 0 Å². The number of carbonyl (C=O) groups is 3. The van der Waals surface area contributed by atoms with Crippen molar-refractivity contribution in [2.24, 2.45) is 0 Å². The van der Waals surface area contributed by atoms with Crippen molar-refractivity contribution in [3.05, 3.63) is 70.2 Å². The second-order valence-corrected chi connectivity index (χ2v) is 7.01. The Kier molecular flexibility index (Phi) is 9.18. The van der Waals surface area contributed by atoms with Gasteiger partial charge in [0, 0.05) is 23.6 Å². The first-order valence-electron chi connectivity index (χ1n) is 9.45. The molecule has 0 radical (unpaired) electrons. The molecule has 29 heavy (non-hydrogen) atoms. The van der Waals surface area contributed by atoms with E-state index in [1.807, 2.05) is 31.2 Å². The number of aryl methyl sites for hydroxylation is 2. The molecular weight excluding hydrogens is 392 g/mol. The van der Waals surface area contributed by atoms with Gasteiger partial charge in [-0.15, -0.1) is 0 Å². The minimum Gasteiger partial charge on any atom is -0.464 e. The van der Waals surface area contributed by atoms with Crippen LogP contribution in [0.4, 0.5) is 0 Å². The molecule has 6 nitrogen and oxygen atoms in total. The zero-order valence-corrected chi connectivity index (χ0v) is 17.1. The van der Waals surface area contributed by atoms with Gasteiger partial charge in [0.25, 0.3) is 5.91 Å². The van der Waals surface area contributed by atoms with Gasteiger partial charge in [0.05, 0.1) is 13.0 Å². The second kappa shape index (κ2) is 11.9.